The Morgan fingerprint density at radius 3 is 2.84 bits per heavy atom. The fourth-order valence-corrected chi connectivity index (χ4v) is 3.48. The molecule has 0 amide bonds. The number of nitrogens with zero attached hydrogens (tertiary/aromatic N) is 3. The molecule has 25 heavy (non-hydrogen) atoms. The number of rotatable bonds is 3. The van der Waals surface area contributed by atoms with E-state index in [1.165, 1.54) is 0 Å². The third kappa shape index (κ3) is 4.02. The normalized spacial score (nSPS) is 21.3. The maximum absolute atomic E-state index is 12.5. The van der Waals surface area contributed by atoms with Crippen LogP contribution in [0.1, 0.15) is 18.9 Å². The predicted molar refractivity (Wildman–Crippen MR) is 90.3 cm³/mol. The Morgan fingerprint density at radius 2 is 2.12 bits per heavy atom. The molecular formula is C18H19F3N4. The van der Waals surface area contributed by atoms with E-state index < -0.39 is 12.7 Å². The SMILES string of the molecule is C[C@H]1C[C@@H](NCC(F)(F)F)CN(c2ccc(C#N)c3ncccc23)C1. The van der Waals surface area contributed by atoms with Gasteiger partial charge in [0, 0.05) is 36.4 Å². The lowest BCUT2D eigenvalue weighted by Gasteiger charge is -2.39. The van der Waals surface area contributed by atoms with Gasteiger partial charge < -0.3 is 10.2 Å². The summed E-state index contributed by atoms with van der Waals surface area (Å²) in [7, 11) is 0. The molecule has 1 aromatic carbocycles. The number of piperidine rings is 1. The summed E-state index contributed by atoms with van der Waals surface area (Å²) in [6.45, 7) is 2.32. The third-order valence-electron chi connectivity index (χ3n) is 4.46. The highest BCUT2D eigenvalue weighted by molar-refractivity contribution is 5.95. The molecule has 1 saturated heterocycles. The molecule has 0 unspecified atom stereocenters. The molecule has 0 spiro atoms. The van der Waals surface area contributed by atoms with Crippen molar-refractivity contribution in [2.45, 2.75) is 25.6 Å². The largest absolute Gasteiger partial charge is 0.401 e. The van der Waals surface area contributed by atoms with Crippen LogP contribution in [0.15, 0.2) is 30.5 Å². The molecule has 7 heteroatoms. The van der Waals surface area contributed by atoms with Crippen LogP contribution in [0.5, 0.6) is 0 Å². The van der Waals surface area contributed by atoms with E-state index in [2.05, 4.69) is 21.3 Å². The van der Waals surface area contributed by atoms with Gasteiger partial charge in [-0.3, -0.25) is 4.98 Å². The van der Waals surface area contributed by atoms with E-state index in [-0.39, 0.29) is 12.0 Å². The van der Waals surface area contributed by atoms with Gasteiger partial charge in [0.15, 0.2) is 0 Å². The monoisotopic (exact) mass is 348 g/mol. The highest BCUT2D eigenvalue weighted by atomic mass is 19.4. The minimum atomic E-state index is -4.21. The van der Waals surface area contributed by atoms with Gasteiger partial charge in [0.25, 0.3) is 0 Å². The van der Waals surface area contributed by atoms with E-state index in [1.54, 1.807) is 18.3 Å². The number of nitrogens with one attached hydrogen (secondary N) is 1. The molecular weight excluding hydrogens is 329 g/mol. The summed E-state index contributed by atoms with van der Waals surface area (Å²) in [4.78, 5) is 6.39. The van der Waals surface area contributed by atoms with Crippen LogP contribution in [-0.2, 0) is 0 Å². The van der Waals surface area contributed by atoms with Crippen LogP contribution in [0, 0.1) is 17.2 Å². The molecule has 3 rings (SSSR count). The standard InChI is InChI=1S/C18H19F3N4/c1-12-7-14(24-11-18(19,20)21)10-25(9-12)16-5-4-13(8-22)17-15(16)3-2-6-23-17/h2-6,12,14,24H,7,9-11H2,1H3/t12-,14+/m0/s1. The van der Waals surface area contributed by atoms with Gasteiger partial charge in [-0.25, -0.2) is 0 Å². The number of alkyl halides is 3. The Hall–Kier alpha value is -2.33. The van der Waals surface area contributed by atoms with Crippen LogP contribution in [0.25, 0.3) is 10.9 Å². The lowest BCUT2D eigenvalue weighted by Crippen LogP contribution is -2.50. The van der Waals surface area contributed by atoms with Crippen molar-refractivity contribution in [2.75, 3.05) is 24.5 Å². The maximum atomic E-state index is 12.5. The number of halogens is 3. The number of pyridine rings is 1. The molecule has 0 saturated carbocycles. The van der Waals surface area contributed by atoms with Crippen molar-refractivity contribution in [1.82, 2.24) is 10.3 Å². The van der Waals surface area contributed by atoms with Crippen LogP contribution in [0.3, 0.4) is 0 Å². The first-order chi connectivity index (χ1) is 11.9. The predicted octanol–water partition coefficient (Wildman–Crippen LogP) is 3.47. The number of aromatic nitrogens is 1. The third-order valence-corrected chi connectivity index (χ3v) is 4.46. The Labute approximate surface area is 144 Å². The summed E-state index contributed by atoms with van der Waals surface area (Å²) in [5.74, 6) is 0.266. The highest BCUT2D eigenvalue weighted by Gasteiger charge is 2.31. The number of hydrogen-bond acceptors (Lipinski definition) is 4. The average Bonchev–Trinajstić information content (AvgIpc) is 2.58. The first kappa shape index (κ1) is 17.5. The van der Waals surface area contributed by atoms with Gasteiger partial charge in [0.05, 0.1) is 17.6 Å². The van der Waals surface area contributed by atoms with Crippen molar-refractivity contribution in [3.05, 3.63) is 36.0 Å². The molecule has 2 heterocycles. The lowest BCUT2D eigenvalue weighted by atomic mass is 9.94. The number of anilines is 1. The number of fused-ring (bicyclic) bond motifs is 1. The van der Waals surface area contributed by atoms with Crippen molar-refractivity contribution in [3.8, 4) is 6.07 Å². The molecule has 1 N–H and O–H groups in total. The van der Waals surface area contributed by atoms with E-state index >= 15 is 0 Å². The van der Waals surface area contributed by atoms with Crippen LogP contribution in [0.2, 0.25) is 0 Å². The van der Waals surface area contributed by atoms with Gasteiger partial charge in [-0.2, -0.15) is 18.4 Å². The van der Waals surface area contributed by atoms with Crippen LogP contribution in [-0.4, -0.2) is 36.8 Å². The Balaban J connectivity index is 1.88. The smallest absolute Gasteiger partial charge is 0.369 e. The van der Waals surface area contributed by atoms with Crippen molar-refractivity contribution in [2.24, 2.45) is 5.92 Å². The Bertz CT molecular complexity index is 797. The van der Waals surface area contributed by atoms with Crippen LogP contribution < -0.4 is 10.2 Å². The Morgan fingerprint density at radius 1 is 1.32 bits per heavy atom. The van der Waals surface area contributed by atoms with Gasteiger partial charge in [0.1, 0.15) is 6.07 Å². The molecule has 1 fully saturated rings. The molecule has 2 atom stereocenters. The van der Waals surface area contributed by atoms with Crippen molar-refractivity contribution in [1.29, 1.82) is 5.26 Å². The molecule has 1 aliphatic heterocycles. The molecule has 1 aliphatic rings. The topological polar surface area (TPSA) is 52.0 Å². The zero-order valence-corrected chi connectivity index (χ0v) is 13.8. The molecule has 132 valence electrons. The van der Waals surface area contributed by atoms with Crippen molar-refractivity contribution < 1.29 is 13.2 Å². The zero-order chi connectivity index (χ0) is 18.0. The maximum Gasteiger partial charge on any atom is 0.401 e. The molecule has 0 bridgehead atoms. The lowest BCUT2D eigenvalue weighted by molar-refractivity contribution is -0.126. The van der Waals surface area contributed by atoms with Gasteiger partial charge in [-0.1, -0.05) is 6.92 Å². The quantitative estimate of drug-likeness (QED) is 0.923. The van der Waals surface area contributed by atoms with Gasteiger partial charge >= 0.3 is 6.18 Å². The highest BCUT2D eigenvalue weighted by Crippen LogP contribution is 2.31. The summed E-state index contributed by atoms with van der Waals surface area (Å²) < 4.78 is 37.5. The minimum Gasteiger partial charge on any atom is -0.369 e. The second-order valence-corrected chi connectivity index (χ2v) is 6.58. The molecule has 0 aliphatic carbocycles. The van der Waals surface area contributed by atoms with E-state index in [0.29, 0.717) is 24.0 Å². The van der Waals surface area contributed by atoms with Gasteiger partial charge in [-0.05, 0) is 36.6 Å². The first-order valence-corrected chi connectivity index (χ1v) is 8.20. The summed E-state index contributed by atoms with van der Waals surface area (Å²) >= 11 is 0. The fourth-order valence-electron chi connectivity index (χ4n) is 3.48. The molecule has 4 nitrogen and oxygen atoms in total. The van der Waals surface area contributed by atoms with Gasteiger partial charge in [0.2, 0.25) is 0 Å². The van der Waals surface area contributed by atoms with E-state index in [4.69, 9.17) is 0 Å². The summed E-state index contributed by atoms with van der Waals surface area (Å²) in [5, 5.41) is 12.7. The Kier molecular flexibility index (Phi) is 4.82. The second-order valence-electron chi connectivity index (χ2n) is 6.58. The first-order valence-electron chi connectivity index (χ1n) is 8.20. The second kappa shape index (κ2) is 6.89. The number of nitriles is 1. The van der Waals surface area contributed by atoms with E-state index in [1.807, 2.05) is 19.1 Å². The molecule has 1 aromatic heterocycles. The van der Waals surface area contributed by atoms with E-state index in [0.717, 1.165) is 17.6 Å². The van der Waals surface area contributed by atoms with Crippen LogP contribution >= 0.6 is 0 Å². The number of hydrogen-bond donors (Lipinski definition) is 1. The fraction of sp³-hybridized carbons (Fsp3) is 0.444. The average molecular weight is 348 g/mol. The summed E-state index contributed by atoms with van der Waals surface area (Å²) in [5.41, 5.74) is 2.03. The van der Waals surface area contributed by atoms with Crippen LogP contribution in [0.4, 0.5) is 18.9 Å². The molecule has 0 radical (unpaired) electrons. The summed E-state index contributed by atoms with van der Waals surface area (Å²) in [6.07, 6.45) is -1.87. The van der Waals surface area contributed by atoms with Crippen molar-refractivity contribution >= 4 is 16.6 Å². The summed E-state index contributed by atoms with van der Waals surface area (Å²) in [6, 6.07) is 9.20. The van der Waals surface area contributed by atoms with E-state index in [9.17, 15) is 18.4 Å². The van der Waals surface area contributed by atoms with Crippen molar-refractivity contribution in [3.63, 3.8) is 0 Å². The molecule has 2 aromatic rings. The minimum absolute atomic E-state index is 0.229. The zero-order valence-electron chi connectivity index (χ0n) is 13.8. The van der Waals surface area contributed by atoms with Gasteiger partial charge in [-0.15, -0.1) is 0 Å². The number of benzene rings is 1.